The number of nitrogen functional groups attached to an aromatic ring is 1. The first kappa shape index (κ1) is 10.6. The second-order valence-corrected chi connectivity index (χ2v) is 3.10. The molecule has 0 fully saturated rings. The van der Waals surface area contributed by atoms with Gasteiger partial charge in [-0.2, -0.15) is 0 Å². The highest BCUT2D eigenvalue weighted by Gasteiger charge is 2.08. The Bertz CT molecular complexity index is 329. The molecule has 0 bridgehead atoms. The van der Waals surface area contributed by atoms with Gasteiger partial charge < -0.3 is 10.6 Å². The summed E-state index contributed by atoms with van der Waals surface area (Å²) in [7, 11) is 2.07. The molecule has 0 amide bonds. The summed E-state index contributed by atoms with van der Waals surface area (Å²) in [6.45, 7) is 4.97. The molecule has 1 heterocycles. The van der Waals surface area contributed by atoms with E-state index in [4.69, 9.17) is 5.73 Å². The number of hydrogen-bond acceptors (Lipinski definition) is 2. The summed E-state index contributed by atoms with van der Waals surface area (Å²) in [5, 5.41) is 0. The fourth-order valence-corrected chi connectivity index (χ4v) is 1.47. The predicted octanol–water partition coefficient (Wildman–Crippen LogP) is 2.76. The van der Waals surface area contributed by atoms with Crippen LogP contribution >= 0.6 is 0 Å². The van der Waals surface area contributed by atoms with Gasteiger partial charge in [0.05, 0.1) is 0 Å². The van der Waals surface area contributed by atoms with Crippen molar-refractivity contribution in [3.05, 3.63) is 29.8 Å². The maximum atomic E-state index is 5.69. The first-order chi connectivity index (χ1) is 6.77. The van der Waals surface area contributed by atoms with Gasteiger partial charge in [-0.1, -0.05) is 32.1 Å². The third-order valence-corrected chi connectivity index (χ3v) is 2.14. The summed E-state index contributed by atoms with van der Waals surface area (Å²) in [4.78, 5) is 2.19. The lowest BCUT2D eigenvalue weighted by Gasteiger charge is -2.23. The van der Waals surface area contributed by atoms with Gasteiger partial charge in [-0.15, -0.1) is 0 Å². The summed E-state index contributed by atoms with van der Waals surface area (Å²) in [6.07, 6.45) is 4.29. The van der Waals surface area contributed by atoms with Crippen molar-refractivity contribution >= 4 is 17.5 Å². The third-order valence-electron chi connectivity index (χ3n) is 2.14. The number of anilines is 2. The largest absolute Gasteiger partial charge is 0.399 e. The van der Waals surface area contributed by atoms with Crippen LogP contribution in [0.5, 0.6) is 0 Å². The minimum Gasteiger partial charge on any atom is -0.399 e. The second kappa shape index (κ2) is 4.70. The van der Waals surface area contributed by atoms with Crippen LogP contribution in [0, 0.1) is 0 Å². The van der Waals surface area contributed by atoms with Crippen molar-refractivity contribution < 1.29 is 0 Å². The topological polar surface area (TPSA) is 29.3 Å². The van der Waals surface area contributed by atoms with Crippen LogP contribution in [-0.2, 0) is 0 Å². The molecule has 76 valence electrons. The Hall–Kier alpha value is -1.44. The van der Waals surface area contributed by atoms with Crippen molar-refractivity contribution in [2.75, 3.05) is 24.2 Å². The fourth-order valence-electron chi connectivity index (χ4n) is 1.47. The molecule has 0 saturated carbocycles. The van der Waals surface area contributed by atoms with Crippen molar-refractivity contribution in [3.63, 3.8) is 0 Å². The molecule has 0 atom stereocenters. The molecule has 2 rings (SSSR count). The first-order valence-corrected chi connectivity index (χ1v) is 5.04. The van der Waals surface area contributed by atoms with Gasteiger partial charge in [0.2, 0.25) is 0 Å². The van der Waals surface area contributed by atoms with Crippen LogP contribution in [0.3, 0.4) is 0 Å². The SMILES string of the molecule is CC.CN1CC=Cc2ccc(N)cc21. The molecule has 0 radical (unpaired) electrons. The number of fused-ring (bicyclic) bond motifs is 1. The number of nitrogens with two attached hydrogens (primary N) is 1. The molecule has 0 spiro atoms. The van der Waals surface area contributed by atoms with Crippen LogP contribution in [0.25, 0.3) is 6.08 Å². The number of nitrogens with zero attached hydrogens (tertiary/aromatic N) is 1. The zero-order valence-electron chi connectivity index (χ0n) is 9.12. The quantitative estimate of drug-likeness (QED) is 0.637. The summed E-state index contributed by atoms with van der Waals surface area (Å²) < 4.78 is 0. The zero-order valence-corrected chi connectivity index (χ0v) is 9.12. The van der Waals surface area contributed by atoms with E-state index >= 15 is 0 Å². The van der Waals surface area contributed by atoms with E-state index in [1.54, 1.807) is 0 Å². The predicted molar refractivity (Wildman–Crippen MR) is 64.5 cm³/mol. The minimum absolute atomic E-state index is 0.830. The van der Waals surface area contributed by atoms with E-state index in [1.165, 1.54) is 11.3 Å². The van der Waals surface area contributed by atoms with Crippen molar-refractivity contribution in [1.29, 1.82) is 0 Å². The molecular formula is C12H18N2. The van der Waals surface area contributed by atoms with Crippen molar-refractivity contribution in [3.8, 4) is 0 Å². The van der Waals surface area contributed by atoms with E-state index < -0.39 is 0 Å². The van der Waals surface area contributed by atoms with Crippen molar-refractivity contribution in [2.24, 2.45) is 0 Å². The maximum Gasteiger partial charge on any atom is 0.0460 e. The molecule has 1 aromatic rings. The van der Waals surface area contributed by atoms with Crippen LogP contribution in [0.2, 0.25) is 0 Å². The van der Waals surface area contributed by atoms with Gasteiger partial charge in [0.25, 0.3) is 0 Å². The van der Waals surface area contributed by atoms with E-state index in [0.29, 0.717) is 0 Å². The lowest BCUT2D eigenvalue weighted by atomic mass is 10.1. The Balaban J connectivity index is 0.000000461. The molecule has 1 aliphatic heterocycles. The fraction of sp³-hybridized carbons (Fsp3) is 0.333. The highest BCUT2D eigenvalue weighted by Crippen LogP contribution is 2.26. The van der Waals surface area contributed by atoms with Crippen LogP contribution < -0.4 is 10.6 Å². The van der Waals surface area contributed by atoms with Gasteiger partial charge in [-0.05, 0) is 17.7 Å². The zero-order chi connectivity index (χ0) is 10.6. The molecule has 0 saturated heterocycles. The summed E-state index contributed by atoms with van der Waals surface area (Å²) in [6, 6.07) is 6.00. The van der Waals surface area contributed by atoms with Gasteiger partial charge in [0, 0.05) is 25.0 Å². The van der Waals surface area contributed by atoms with Crippen molar-refractivity contribution in [2.45, 2.75) is 13.8 Å². The second-order valence-electron chi connectivity index (χ2n) is 3.10. The van der Waals surface area contributed by atoms with E-state index in [2.05, 4.69) is 30.2 Å². The van der Waals surface area contributed by atoms with E-state index in [9.17, 15) is 0 Å². The molecule has 0 aliphatic carbocycles. The highest BCUT2D eigenvalue weighted by atomic mass is 15.1. The van der Waals surface area contributed by atoms with E-state index in [-0.39, 0.29) is 0 Å². The Labute approximate surface area is 86.0 Å². The van der Waals surface area contributed by atoms with Crippen molar-refractivity contribution in [1.82, 2.24) is 0 Å². The maximum absolute atomic E-state index is 5.69. The molecule has 14 heavy (non-hydrogen) atoms. The van der Waals surface area contributed by atoms with Crippen LogP contribution in [0.1, 0.15) is 19.4 Å². The van der Waals surface area contributed by atoms with Gasteiger partial charge >= 0.3 is 0 Å². The first-order valence-electron chi connectivity index (χ1n) is 5.04. The van der Waals surface area contributed by atoms with E-state index in [0.717, 1.165) is 12.2 Å². The Kier molecular flexibility index (Phi) is 3.57. The summed E-state index contributed by atoms with van der Waals surface area (Å²) >= 11 is 0. The molecular weight excluding hydrogens is 172 g/mol. The van der Waals surface area contributed by atoms with Gasteiger partial charge in [-0.25, -0.2) is 0 Å². The summed E-state index contributed by atoms with van der Waals surface area (Å²) in [5.41, 5.74) is 8.99. The number of likely N-dealkylation sites (N-methyl/N-ethyl adjacent to an activating group) is 1. The molecule has 0 unspecified atom stereocenters. The van der Waals surface area contributed by atoms with E-state index in [1.807, 2.05) is 26.0 Å². The standard InChI is InChI=1S/C10H12N2.C2H6/c1-12-6-2-3-8-4-5-9(11)7-10(8)12;1-2/h2-5,7H,6,11H2,1H3;1-2H3. The Morgan fingerprint density at radius 1 is 1.29 bits per heavy atom. The van der Waals surface area contributed by atoms with Gasteiger partial charge in [-0.3, -0.25) is 0 Å². The van der Waals surface area contributed by atoms with Crippen LogP contribution in [-0.4, -0.2) is 13.6 Å². The number of rotatable bonds is 0. The van der Waals surface area contributed by atoms with Gasteiger partial charge in [0.15, 0.2) is 0 Å². The minimum atomic E-state index is 0.830. The Morgan fingerprint density at radius 2 is 2.00 bits per heavy atom. The average molecular weight is 190 g/mol. The average Bonchev–Trinajstić information content (AvgIpc) is 2.22. The lowest BCUT2D eigenvalue weighted by molar-refractivity contribution is 1.02. The highest BCUT2D eigenvalue weighted by molar-refractivity contribution is 5.74. The molecule has 1 aliphatic rings. The molecule has 2 N–H and O–H groups in total. The lowest BCUT2D eigenvalue weighted by Crippen LogP contribution is -2.20. The third kappa shape index (κ3) is 2.08. The number of hydrogen-bond donors (Lipinski definition) is 1. The molecule has 2 heteroatoms. The smallest absolute Gasteiger partial charge is 0.0460 e. The monoisotopic (exact) mass is 190 g/mol. The van der Waals surface area contributed by atoms with Crippen LogP contribution in [0.4, 0.5) is 11.4 Å². The normalized spacial score (nSPS) is 12.9. The Morgan fingerprint density at radius 3 is 2.71 bits per heavy atom. The summed E-state index contributed by atoms with van der Waals surface area (Å²) in [5.74, 6) is 0. The molecule has 0 aromatic heterocycles. The van der Waals surface area contributed by atoms with Crippen LogP contribution in [0.15, 0.2) is 24.3 Å². The number of benzene rings is 1. The molecule has 1 aromatic carbocycles. The van der Waals surface area contributed by atoms with Gasteiger partial charge in [0.1, 0.15) is 0 Å². The molecule has 2 nitrogen and oxygen atoms in total.